The van der Waals surface area contributed by atoms with Crippen LogP contribution < -0.4 is 0 Å². The minimum Gasteiger partial charge on any atom is -0.375 e. The summed E-state index contributed by atoms with van der Waals surface area (Å²) in [6.07, 6.45) is 0.0428. The maximum Gasteiger partial charge on any atom is 0.264 e. The highest BCUT2D eigenvalue weighted by atomic mass is 32.1. The highest BCUT2D eigenvalue weighted by molar-refractivity contribution is 7.20. The fraction of sp³-hybridized carbons (Fsp3) is 0.400. The third-order valence-electron chi connectivity index (χ3n) is 3.59. The van der Waals surface area contributed by atoms with Gasteiger partial charge in [0.25, 0.3) is 5.91 Å². The summed E-state index contributed by atoms with van der Waals surface area (Å²) in [5, 5.41) is 0.523. The molecule has 1 fully saturated rings. The molecule has 2 aromatic rings. The Morgan fingerprint density at radius 2 is 2.25 bits per heavy atom. The predicted octanol–water partition coefficient (Wildman–Crippen LogP) is 3.29. The number of fused-ring (bicyclic) bond motifs is 1. The molecule has 5 heteroatoms. The van der Waals surface area contributed by atoms with E-state index in [4.69, 9.17) is 4.74 Å². The first kappa shape index (κ1) is 13.5. The zero-order valence-corrected chi connectivity index (χ0v) is 12.2. The van der Waals surface area contributed by atoms with E-state index in [1.54, 1.807) is 12.1 Å². The number of carbonyl (C=O) groups excluding carboxylic acids is 1. The Bertz CT molecular complexity index is 654. The summed E-state index contributed by atoms with van der Waals surface area (Å²) in [5.74, 6) is -0.311. The van der Waals surface area contributed by atoms with Crippen LogP contribution >= 0.6 is 11.3 Å². The zero-order chi connectivity index (χ0) is 14.3. The molecule has 0 N–H and O–H groups in total. The molecule has 1 aromatic carbocycles. The number of ether oxygens (including phenoxy) is 1. The number of amides is 1. The SMILES string of the molecule is CC1CN(C(=O)c2cc3c(F)cccc3s2)C(C)CO1. The molecular weight excluding hydrogens is 277 g/mol. The van der Waals surface area contributed by atoms with Crippen LogP contribution in [-0.2, 0) is 4.74 Å². The molecule has 1 aliphatic heterocycles. The van der Waals surface area contributed by atoms with Gasteiger partial charge in [0.15, 0.2) is 0 Å². The molecule has 2 heterocycles. The number of hydrogen-bond acceptors (Lipinski definition) is 3. The molecule has 2 atom stereocenters. The topological polar surface area (TPSA) is 29.5 Å². The van der Waals surface area contributed by atoms with E-state index in [2.05, 4.69) is 0 Å². The quantitative estimate of drug-likeness (QED) is 0.807. The average Bonchev–Trinajstić information content (AvgIpc) is 2.86. The van der Waals surface area contributed by atoms with Crippen molar-refractivity contribution in [3.8, 4) is 0 Å². The van der Waals surface area contributed by atoms with Gasteiger partial charge in [-0.25, -0.2) is 4.39 Å². The largest absolute Gasteiger partial charge is 0.375 e. The Hall–Kier alpha value is -1.46. The van der Waals surface area contributed by atoms with Gasteiger partial charge >= 0.3 is 0 Å². The number of morpholine rings is 1. The Balaban J connectivity index is 1.94. The molecule has 20 heavy (non-hydrogen) atoms. The zero-order valence-electron chi connectivity index (χ0n) is 11.4. The van der Waals surface area contributed by atoms with Crippen molar-refractivity contribution in [3.05, 3.63) is 35.0 Å². The van der Waals surface area contributed by atoms with Crippen LogP contribution in [0.15, 0.2) is 24.3 Å². The molecule has 2 unspecified atom stereocenters. The van der Waals surface area contributed by atoms with Gasteiger partial charge < -0.3 is 9.64 Å². The van der Waals surface area contributed by atoms with Crippen molar-refractivity contribution >= 4 is 27.3 Å². The Kier molecular flexibility index (Phi) is 3.48. The van der Waals surface area contributed by atoms with Crippen LogP contribution in [0.4, 0.5) is 4.39 Å². The van der Waals surface area contributed by atoms with E-state index < -0.39 is 0 Å². The van der Waals surface area contributed by atoms with E-state index in [1.807, 2.05) is 24.8 Å². The monoisotopic (exact) mass is 293 g/mol. The number of hydrogen-bond donors (Lipinski definition) is 0. The van der Waals surface area contributed by atoms with Gasteiger partial charge in [-0.1, -0.05) is 6.07 Å². The molecule has 0 bridgehead atoms. The predicted molar refractivity (Wildman–Crippen MR) is 77.7 cm³/mol. The normalized spacial score (nSPS) is 23.2. The standard InChI is InChI=1S/C15H16FNO2S/c1-9-8-19-10(2)7-17(9)15(18)14-6-11-12(16)4-3-5-13(11)20-14/h3-6,9-10H,7-8H2,1-2H3. The number of thiophene rings is 1. The Morgan fingerprint density at radius 1 is 1.45 bits per heavy atom. The first-order valence-electron chi connectivity index (χ1n) is 6.67. The smallest absolute Gasteiger partial charge is 0.264 e. The molecule has 1 aromatic heterocycles. The highest BCUT2D eigenvalue weighted by Gasteiger charge is 2.29. The summed E-state index contributed by atoms with van der Waals surface area (Å²) < 4.78 is 20.0. The Labute approximate surface area is 121 Å². The lowest BCUT2D eigenvalue weighted by atomic mass is 10.2. The molecule has 0 radical (unpaired) electrons. The first-order valence-corrected chi connectivity index (χ1v) is 7.48. The van der Waals surface area contributed by atoms with Crippen molar-refractivity contribution in [2.75, 3.05) is 13.2 Å². The minimum absolute atomic E-state index is 0.0340. The number of benzene rings is 1. The Morgan fingerprint density at radius 3 is 3.00 bits per heavy atom. The number of halogens is 1. The molecule has 1 saturated heterocycles. The van der Waals surface area contributed by atoms with Gasteiger partial charge in [-0.15, -0.1) is 11.3 Å². The van der Waals surface area contributed by atoms with Crippen LogP contribution in [0.5, 0.6) is 0 Å². The lowest BCUT2D eigenvalue weighted by Gasteiger charge is -2.36. The molecule has 1 aliphatic rings. The van der Waals surface area contributed by atoms with E-state index in [0.717, 1.165) is 4.70 Å². The van der Waals surface area contributed by atoms with E-state index >= 15 is 0 Å². The van der Waals surface area contributed by atoms with E-state index in [9.17, 15) is 9.18 Å². The molecule has 0 spiro atoms. The molecule has 0 aliphatic carbocycles. The highest BCUT2D eigenvalue weighted by Crippen LogP contribution is 2.29. The summed E-state index contributed by atoms with van der Waals surface area (Å²) in [6.45, 7) is 5.05. The van der Waals surface area contributed by atoms with E-state index in [-0.39, 0.29) is 23.9 Å². The van der Waals surface area contributed by atoms with Crippen LogP contribution in [0.2, 0.25) is 0 Å². The van der Waals surface area contributed by atoms with Crippen molar-refractivity contribution in [2.45, 2.75) is 26.0 Å². The maximum atomic E-state index is 13.7. The van der Waals surface area contributed by atoms with Gasteiger partial charge in [-0.05, 0) is 32.0 Å². The van der Waals surface area contributed by atoms with Crippen LogP contribution in [0.25, 0.3) is 10.1 Å². The van der Waals surface area contributed by atoms with Crippen molar-refractivity contribution in [1.29, 1.82) is 0 Å². The third-order valence-corrected chi connectivity index (χ3v) is 4.68. The van der Waals surface area contributed by atoms with Crippen LogP contribution in [-0.4, -0.2) is 36.1 Å². The minimum atomic E-state index is -0.277. The summed E-state index contributed by atoms with van der Waals surface area (Å²) in [7, 11) is 0. The van der Waals surface area contributed by atoms with Crippen LogP contribution in [0, 0.1) is 5.82 Å². The van der Waals surface area contributed by atoms with Crippen LogP contribution in [0.1, 0.15) is 23.5 Å². The van der Waals surface area contributed by atoms with Gasteiger partial charge in [-0.3, -0.25) is 4.79 Å². The van der Waals surface area contributed by atoms with Crippen LogP contribution in [0.3, 0.4) is 0 Å². The fourth-order valence-electron chi connectivity index (χ4n) is 2.46. The van der Waals surface area contributed by atoms with Gasteiger partial charge in [0, 0.05) is 16.6 Å². The second kappa shape index (κ2) is 5.14. The third kappa shape index (κ3) is 2.31. The average molecular weight is 293 g/mol. The summed E-state index contributed by atoms with van der Waals surface area (Å²) >= 11 is 1.34. The van der Waals surface area contributed by atoms with E-state index in [0.29, 0.717) is 23.4 Å². The summed E-state index contributed by atoms with van der Waals surface area (Å²) in [4.78, 5) is 15.0. The lowest BCUT2D eigenvalue weighted by Crippen LogP contribution is -2.50. The van der Waals surface area contributed by atoms with Gasteiger partial charge in [0.1, 0.15) is 5.82 Å². The lowest BCUT2D eigenvalue weighted by molar-refractivity contribution is -0.0385. The molecule has 0 saturated carbocycles. The second-order valence-electron chi connectivity index (χ2n) is 5.21. The van der Waals surface area contributed by atoms with Crippen molar-refractivity contribution < 1.29 is 13.9 Å². The fourth-order valence-corrected chi connectivity index (χ4v) is 3.49. The maximum absolute atomic E-state index is 13.7. The number of carbonyl (C=O) groups is 1. The molecule has 3 nitrogen and oxygen atoms in total. The number of rotatable bonds is 1. The molecule has 1 amide bonds. The summed E-state index contributed by atoms with van der Waals surface area (Å²) in [6, 6.07) is 6.63. The van der Waals surface area contributed by atoms with Crippen molar-refractivity contribution in [1.82, 2.24) is 4.90 Å². The second-order valence-corrected chi connectivity index (χ2v) is 6.30. The number of nitrogens with zero attached hydrogens (tertiary/aromatic N) is 1. The van der Waals surface area contributed by atoms with E-state index in [1.165, 1.54) is 17.4 Å². The molecule has 106 valence electrons. The molecular formula is C15H16FNO2S. The van der Waals surface area contributed by atoms with Gasteiger partial charge in [0.05, 0.1) is 23.6 Å². The summed E-state index contributed by atoms with van der Waals surface area (Å²) in [5.41, 5.74) is 0. The first-order chi connectivity index (χ1) is 9.56. The van der Waals surface area contributed by atoms with Crippen molar-refractivity contribution in [2.24, 2.45) is 0 Å². The van der Waals surface area contributed by atoms with Gasteiger partial charge in [-0.2, -0.15) is 0 Å². The van der Waals surface area contributed by atoms with Gasteiger partial charge in [0.2, 0.25) is 0 Å². The molecule has 3 rings (SSSR count). The van der Waals surface area contributed by atoms with Crippen molar-refractivity contribution in [3.63, 3.8) is 0 Å².